The van der Waals surface area contributed by atoms with E-state index in [1.165, 1.54) is 12.1 Å². The van der Waals surface area contributed by atoms with Crippen LogP contribution in [0, 0.1) is 15.5 Å². The summed E-state index contributed by atoms with van der Waals surface area (Å²) in [4.78, 5) is 21.9. The van der Waals surface area contributed by atoms with Crippen molar-refractivity contribution in [3.05, 3.63) is 34.4 Å². The molecule has 104 valence electrons. The molecule has 0 spiro atoms. The Morgan fingerprint density at radius 3 is 2.42 bits per heavy atom. The van der Waals surface area contributed by atoms with Crippen molar-refractivity contribution in [2.75, 3.05) is 5.75 Å². The van der Waals surface area contributed by atoms with Crippen molar-refractivity contribution in [3.63, 3.8) is 0 Å². The minimum absolute atomic E-state index is 0.0800. The Kier molecular flexibility index (Phi) is 5.35. The van der Waals surface area contributed by atoms with E-state index in [-0.39, 0.29) is 5.69 Å². The fourth-order valence-corrected chi connectivity index (χ4v) is 2.33. The van der Waals surface area contributed by atoms with Gasteiger partial charge in [0.1, 0.15) is 0 Å². The van der Waals surface area contributed by atoms with Crippen molar-refractivity contribution >= 4 is 23.4 Å². The van der Waals surface area contributed by atoms with Crippen molar-refractivity contribution in [1.82, 2.24) is 0 Å². The van der Waals surface area contributed by atoms with Crippen LogP contribution in [0.2, 0.25) is 0 Å². The zero-order valence-corrected chi connectivity index (χ0v) is 11.8. The molecule has 19 heavy (non-hydrogen) atoms. The third-order valence-electron chi connectivity index (χ3n) is 2.84. The Morgan fingerprint density at radius 2 is 1.95 bits per heavy atom. The summed E-state index contributed by atoms with van der Waals surface area (Å²) in [6.45, 7) is 3.43. The topological polar surface area (TPSA) is 80.4 Å². The van der Waals surface area contributed by atoms with E-state index in [2.05, 4.69) is 0 Å². The Balaban J connectivity index is 2.38. The Bertz CT molecular complexity index is 456. The fourth-order valence-electron chi connectivity index (χ4n) is 1.48. The van der Waals surface area contributed by atoms with Crippen molar-refractivity contribution in [2.24, 2.45) is 5.41 Å². The SMILES string of the molecule is CC(C)(CCCSc1ccc([N+](=O)[O-])cc1)C(=O)O. The molecule has 0 saturated heterocycles. The summed E-state index contributed by atoms with van der Waals surface area (Å²) in [5, 5.41) is 19.5. The quantitative estimate of drug-likeness (QED) is 0.358. The summed E-state index contributed by atoms with van der Waals surface area (Å²) in [5.74, 6) is 0.0157. The standard InChI is InChI=1S/C13H17NO4S/c1-13(2,12(15)16)8-3-9-19-11-6-4-10(5-7-11)14(17)18/h4-7H,3,8-9H2,1-2H3,(H,15,16). The van der Waals surface area contributed by atoms with Crippen LogP contribution in [-0.2, 0) is 4.79 Å². The number of hydrogen-bond acceptors (Lipinski definition) is 4. The van der Waals surface area contributed by atoms with E-state index < -0.39 is 16.3 Å². The number of carboxylic acid groups (broad SMARTS) is 1. The molecule has 5 nitrogen and oxygen atoms in total. The van der Waals surface area contributed by atoms with Gasteiger partial charge in [-0.25, -0.2) is 0 Å². The molecular formula is C13H17NO4S. The molecule has 1 aromatic carbocycles. The first-order valence-corrected chi connectivity index (χ1v) is 6.92. The molecular weight excluding hydrogens is 266 g/mol. The number of rotatable bonds is 7. The largest absolute Gasteiger partial charge is 0.481 e. The molecule has 0 aromatic heterocycles. The van der Waals surface area contributed by atoms with Crippen LogP contribution in [0.15, 0.2) is 29.2 Å². The predicted molar refractivity (Wildman–Crippen MR) is 74.5 cm³/mol. The Hall–Kier alpha value is -1.56. The molecule has 0 heterocycles. The van der Waals surface area contributed by atoms with Gasteiger partial charge in [0.15, 0.2) is 0 Å². The second kappa shape index (κ2) is 6.56. The highest BCUT2D eigenvalue weighted by Crippen LogP contribution is 2.26. The van der Waals surface area contributed by atoms with Crippen molar-refractivity contribution in [1.29, 1.82) is 0 Å². The maximum atomic E-state index is 10.9. The van der Waals surface area contributed by atoms with Crippen LogP contribution in [-0.4, -0.2) is 21.8 Å². The Labute approximate surface area is 116 Å². The molecule has 0 atom stereocenters. The minimum atomic E-state index is -0.784. The summed E-state index contributed by atoms with van der Waals surface area (Å²) < 4.78 is 0. The number of carboxylic acids is 1. The summed E-state index contributed by atoms with van der Waals surface area (Å²) >= 11 is 1.58. The second-order valence-corrected chi connectivity index (χ2v) is 6.06. The predicted octanol–water partition coefficient (Wildman–Crippen LogP) is 3.58. The van der Waals surface area contributed by atoms with Gasteiger partial charge < -0.3 is 5.11 Å². The average molecular weight is 283 g/mol. The summed E-state index contributed by atoms with van der Waals surface area (Å²) in [6, 6.07) is 6.38. The van der Waals surface area contributed by atoms with Gasteiger partial charge in [0.25, 0.3) is 5.69 Å². The van der Waals surface area contributed by atoms with E-state index in [0.29, 0.717) is 6.42 Å². The van der Waals surface area contributed by atoms with Crippen LogP contribution in [0.25, 0.3) is 0 Å². The van der Waals surface area contributed by atoms with Crippen LogP contribution in [0.1, 0.15) is 26.7 Å². The molecule has 0 aliphatic heterocycles. The number of nitro groups is 1. The zero-order valence-electron chi connectivity index (χ0n) is 11.0. The molecule has 1 N–H and O–H groups in total. The maximum absolute atomic E-state index is 10.9. The van der Waals surface area contributed by atoms with E-state index in [9.17, 15) is 14.9 Å². The minimum Gasteiger partial charge on any atom is -0.481 e. The number of thioether (sulfide) groups is 1. The van der Waals surface area contributed by atoms with Gasteiger partial charge in [-0.15, -0.1) is 11.8 Å². The smallest absolute Gasteiger partial charge is 0.309 e. The molecule has 1 aromatic rings. The summed E-state index contributed by atoms with van der Waals surface area (Å²) in [5.41, 5.74) is -0.618. The number of nitro benzene ring substituents is 1. The number of carbonyl (C=O) groups is 1. The Morgan fingerprint density at radius 1 is 1.37 bits per heavy atom. The first kappa shape index (κ1) is 15.5. The highest BCUT2D eigenvalue weighted by molar-refractivity contribution is 7.99. The molecule has 0 amide bonds. The van der Waals surface area contributed by atoms with Gasteiger partial charge in [0.2, 0.25) is 0 Å². The van der Waals surface area contributed by atoms with Gasteiger partial charge in [-0.05, 0) is 44.6 Å². The fraction of sp³-hybridized carbons (Fsp3) is 0.462. The van der Waals surface area contributed by atoms with Gasteiger partial charge in [-0.2, -0.15) is 0 Å². The summed E-state index contributed by atoms with van der Waals surface area (Å²) in [7, 11) is 0. The average Bonchev–Trinajstić information content (AvgIpc) is 2.35. The van der Waals surface area contributed by atoms with E-state index in [0.717, 1.165) is 17.1 Å². The summed E-state index contributed by atoms with van der Waals surface area (Å²) in [6.07, 6.45) is 1.41. The highest BCUT2D eigenvalue weighted by Gasteiger charge is 2.25. The van der Waals surface area contributed by atoms with Crippen molar-refractivity contribution < 1.29 is 14.8 Å². The number of aliphatic carboxylic acids is 1. The van der Waals surface area contributed by atoms with Gasteiger partial charge in [-0.1, -0.05) is 0 Å². The lowest BCUT2D eigenvalue weighted by Gasteiger charge is -2.18. The van der Waals surface area contributed by atoms with E-state index in [4.69, 9.17) is 5.11 Å². The lowest BCUT2D eigenvalue weighted by Crippen LogP contribution is -2.23. The number of non-ortho nitro benzene ring substituents is 1. The normalized spacial score (nSPS) is 11.3. The highest BCUT2D eigenvalue weighted by atomic mass is 32.2. The molecule has 0 saturated carbocycles. The first-order chi connectivity index (χ1) is 8.83. The van der Waals surface area contributed by atoms with Gasteiger partial charge in [0, 0.05) is 17.0 Å². The molecule has 0 bridgehead atoms. The molecule has 0 radical (unpaired) electrons. The number of nitrogens with zero attached hydrogens (tertiary/aromatic N) is 1. The zero-order chi connectivity index (χ0) is 14.5. The molecule has 0 unspecified atom stereocenters. The van der Waals surface area contributed by atoms with E-state index in [1.807, 2.05) is 0 Å². The molecule has 1 rings (SSSR count). The third kappa shape index (κ3) is 4.90. The van der Waals surface area contributed by atoms with Crippen LogP contribution in [0.4, 0.5) is 5.69 Å². The lowest BCUT2D eigenvalue weighted by atomic mass is 9.88. The van der Waals surface area contributed by atoms with Crippen LogP contribution < -0.4 is 0 Å². The molecule has 6 heteroatoms. The van der Waals surface area contributed by atoms with Crippen molar-refractivity contribution in [3.8, 4) is 0 Å². The van der Waals surface area contributed by atoms with Gasteiger partial charge >= 0.3 is 5.97 Å². The molecule has 0 aliphatic rings. The molecule has 0 fully saturated rings. The van der Waals surface area contributed by atoms with Crippen molar-refractivity contribution in [2.45, 2.75) is 31.6 Å². The second-order valence-electron chi connectivity index (χ2n) is 4.89. The first-order valence-electron chi connectivity index (χ1n) is 5.93. The van der Waals surface area contributed by atoms with Crippen LogP contribution in [0.5, 0.6) is 0 Å². The number of benzene rings is 1. The number of hydrogen-bond donors (Lipinski definition) is 1. The van der Waals surface area contributed by atoms with E-state index in [1.54, 1.807) is 37.7 Å². The van der Waals surface area contributed by atoms with Gasteiger partial charge in [-0.3, -0.25) is 14.9 Å². The van der Waals surface area contributed by atoms with Crippen LogP contribution in [0.3, 0.4) is 0 Å². The lowest BCUT2D eigenvalue weighted by molar-refractivity contribution is -0.384. The maximum Gasteiger partial charge on any atom is 0.309 e. The van der Waals surface area contributed by atoms with Crippen LogP contribution >= 0.6 is 11.8 Å². The third-order valence-corrected chi connectivity index (χ3v) is 3.94. The molecule has 0 aliphatic carbocycles. The monoisotopic (exact) mass is 283 g/mol. The van der Waals surface area contributed by atoms with Gasteiger partial charge in [0.05, 0.1) is 10.3 Å². The van der Waals surface area contributed by atoms with E-state index >= 15 is 0 Å².